The molecule has 0 amide bonds. The third kappa shape index (κ3) is 2.46. The van der Waals surface area contributed by atoms with Crippen molar-refractivity contribution in [3.05, 3.63) is 34.3 Å². The van der Waals surface area contributed by atoms with Crippen LogP contribution in [0.4, 0.5) is 4.39 Å². The molecule has 0 saturated heterocycles. The number of rotatable bonds is 2. The predicted molar refractivity (Wildman–Crippen MR) is 56.2 cm³/mol. The largest absolute Gasteiger partial charge is 0.389 e. The van der Waals surface area contributed by atoms with E-state index in [-0.39, 0.29) is 0 Å². The van der Waals surface area contributed by atoms with Crippen molar-refractivity contribution in [2.45, 2.75) is 32.5 Å². The van der Waals surface area contributed by atoms with Gasteiger partial charge in [-0.3, -0.25) is 0 Å². The molecule has 0 aliphatic carbocycles. The van der Waals surface area contributed by atoms with Crippen LogP contribution in [0.25, 0.3) is 0 Å². The minimum atomic E-state index is -1.40. The molecular formula is C11H14ClFO. The standard InChI is InChI=1S/C11H14ClFO/c1-7(14)9-5-4-8(6-10(9)12)11(2,3)13/h4-7,14H,1-3H3. The third-order valence-corrected chi connectivity index (χ3v) is 2.46. The molecule has 1 rings (SSSR count). The Kier molecular flexibility index (Phi) is 3.17. The molecule has 1 nitrogen and oxygen atoms in total. The van der Waals surface area contributed by atoms with E-state index in [0.717, 1.165) is 0 Å². The van der Waals surface area contributed by atoms with Gasteiger partial charge in [0, 0.05) is 5.02 Å². The molecule has 0 saturated carbocycles. The van der Waals surface area contributed by atoms with Gasteiger partial charge in [0.05, 0.1) is 6.10 Å². The average molecular weight is 217 g/mol. The van der Waals surface area contributed by atoms with E-state index in [0.29, 0.717) is 16.1 Å². The lowest BCUT2D eigenvalue weighted by molar-refractivity contribution is 0.198. The van der Waals surface area contributed by atoms with Gasteiger partial charge < -0.3 is 5.11 Å². The second kappa shape index (κ2) is 3.87. The van der Waals surface area contributed by atoms with Crippen LogP contribution >= 0.6 is 11.6 Å². The highest BCUT2D eigenvalue weighted by Crippen LogP contribution is 2.30. The Morgan fingerprint density at radius 3 is 2.36 bits per heavy atom. The van der Waals surface area contributed by atoms with Crippen molar-refractivity contribution in [3.8, 4) is 0 Å². The number of aliphatic hydroxyl groups is 1. The fraction of sp³-hybridized carbons (Fsp3) is 0.455. The fourth-order valence-electron chi connectivity index (χ4n) is 1.24. The maximum Gasteiger partial charge on any atom is 0.130 e. The smallest absolute Gasteiger partial charge is 0.130 e. The highest BCUT2D eigenvalue weighted by atomic mass is 35.5. The minimum absolute atomic E-state index is 0.406. The average Bonchev–Trinajstić information content (AvgIpc) is 2.01. The molecule has 78 valence electrons. The van der Waals surface area contributed by atoms with Gasteiger partial charge in [-0.15, -0.1) is 0 Å². The van der Waals surface area contributed by atoms with Crippen LogP contribution in [0.2, 0.25) is 5.02 Å². The maximum absolute atomic E-state index is 13.5. The SMILES string of the molecule is CC(O)c1ccc(C(C)(C)F)cc1Cl. The Hall–Kier alpha value is -0.600. The summed E-state index contributed by atoms with van der Waals surface area (Å²) in [5.74, 6) is 0. The summed E-state index contributed by atoms with van der Waals surface area (Å²) in [6.07, 6.45) is -0.626. The zero-order valence-electron chi connectivity index (χ0n) is 8.51. The Morgan fingerprint density at radius 1 is 1.43 bits per heavy atom. The summed E-state index contributed by atoms with van der Waals surface area (Å²) in [5.41, 5.74) is -0.257. The highest BCUT2D eigenvalue weighted by Gasteiger charge is 2.20. The summed E-state index contributed by atoms with van der Waals surface area (Å²) in [5, 5.41) is 9.73. The molecule has 1 aromatic rings. The summed E-state index contributed by atoms with van der Waals surface area (Å²) in [6, 6.07) is 4.86. The lowest BCUT2D eigenvalue weighted by Crippen LogP contribution is -2.09. The van der Waals surface area contributed by atoms with E-state index in [2.05, 4.69) is 0 Å². The molecule has 1 aromatic carbocycles. The van der Waals surface area contributed by atoms with Crippen LogP contribution in [0.3, 0.4) is 0 Å². The van der Waals surface area contributed by atoms with E-state index < -0.39 is 11.8 Å². The molecule has 0 heterocycles. The molecule has 1 unspecified atom stereocenters. The fourth-order valence-corrected chi connectivity index (χ4v) is 1.57. The normalized spacial score (nSPS) is 14.1. The molecule has 0 aromatic heterocycles. The van der Waals surface area contributed by atoms with Crippen molar-refractivity contribution in [3.63, 3.8) is 0 Å². The van der Waals surface area contributed by atoms with Crippen LogP contribution in [0.5, 0.6) is 0 Å². The van der Waals surface area contributed by atoms with Gasteiger partial charge >= 0.3 is 0 Å². The van der Waals surface area contributed by atoms with Gasteiger partial charge in [0.2, 0.25) is 0 Å². The second-order valence-corrected chi connectivity index (χ2v) is 4.29. The van der Waals surface area contributed by atoms with Crippen molar-refractivity contribution in [2.75, 3.05) is 0 Å². The Labute approximate surface area is 88.5 Å². The molecule has 14 heavy (non-hydrogen) atoms. The molecular weight excluding hydrogens is 203 g/mol. The minimum Gasteiger partial charge on any atom is -0.389 e. The maximum atomic E-state index is 13.5. The van der Waals surface area contributed by atoms with Crippen molar-refractivity contribution in [1.82, 2.24) is 0 Å². The zero-order valence-corrected chi connectivity index (χ0v) is 9.27. The van der Waals surface area contributed by atoms with Gasteiger partial charge in [0.1, 0.15) is 5.67 Å². The molecule has 0 radical (unpaired) electrons. The van der Waals surface area contributed by atoms with Crippen LogP contribution in [-0.4, -0.2) is 5.11 Å². The molecule has 0 aliphatic heterocycles. The van der Waals surface area contributed by atoms with Crippen LogP contribution < -0.4 is 0 Å². The van der Waals surface area contributed by atoms with Crippen molar-refractivity contribution in [1.29, 1.82) is 0 Å². The summed E-state index contributed by atoms with van der Waals surface area (Å²) in [4.78, 5) is 0. The van der Waals surface area contributed by atoms with Gasteiger partial charge in [0.25, 0.3) is 0 Å². The zero-order chi connectivity index (χ0) is 10.9. The van der Waals surface area contributed by atoms with Gasteiger partial charge in [-0.05, 0) is 38.0 Å². The molecule has 0 fully saturated rings. The van der Waals surface area contributed by atoms with Crippen LogP contribution in [0.1, 0.15) is 38.0 Å². The number of aliphatic hydroxyl groups excluding tert-OH is 1. The molecule has 0 spiro atoms. The first kappa shape index (κ1) is 11.5. The molecule has 0 bridgehead atoms. The van der Waals surface area contributed by atoms with Gasteiger partial charge in [-0.25, -0.2) is 4.39 Å². The van der Waals surface area contributed by atoms with E-state index >= 15 is 0 Å². The first-order valence-corrected chi connectivity index (χ1v) is 4.87. The van der Waals surface area contributed by atoms with Crippen LogP contribution in [0, 0.1) is 0 Å². The lowest BCUT2D eigenvalue weighted by atomic mass is 9.98. The summed E-state index contributed by atoms with van der Waals surface area (Å²) in [6.45, 7) is 4.57. The molecule has 1 N–H and O–H groups in total. The van der Waals surface area contributed by atoms with Crippen molar-refractivity contribution in [2.24, 2.45) is 0 Å². The van der Waals surface area contributed by atoms with Crippen LogP contribution in [-0.2, 0) is 5.67 Å². The lowest BCUT2D eigenvalue weighted by Gasteiger charge is -2.16. The monoisotopic (exact) mass is 216 g/mol. The van der Waals surface area contributed by atoms with Gasteiger partial charge in [0.15, 0.2) is 0 Å². The van der Waals surface area contributed by atoms with E-state index in [9.17, 15) is 9.50 Å². The topological polar surface area (TPSA) is 20.2 Å². The molecule has 0 aliphatic rings. The molecule has 3 heteroatoms. The number of benzene rings is 1. The first-order chi connectivity index (χ1) is 6.32. The predicted octanol–water partition coefficient (Wildman–Crippen LogP) is 3.60. The third-order valence-electron chi connectivity index (χ3n) is 2.14. The van der Waals surface area contributed by atoms with Crippen molar-refractivity contribution >= 4 is 11.6 Å². The van der Waals surface area contributed by atoms with E-state index in [1.165, 1.54) is 13.8 Å². The van der Waals surface area contributed by atoms with E-state index in [1.54, 1.807) is 25.1 Å². The summed E-state index contributed by atoms with van der Waals surface area (Å²) in [7, 11) is 0. The summed E-state index contributed by atoms with van der Waals surface area (Å²) < 4.78 is 13.5. The first-order valence-electron chi connectivity index (χ1n) is 4.49. The Balaban J connectivity index is 3.13. The summed E-state index contributed by atoms with van der Waals surface area (Å²) >= 11 is 5.90. The van der Waals surface area contributed by atoms with Crippen LogP contribution in [0.15, 0.2) is 18.2 Å². The van der Waals surface area contributed by atoms with Gasteiger partial charge in [-0.2, -0.15) is 0 Å². The second-order valence-electron chi connectivity index (χ2n) is 3.88. The number of alkyl halides is 1. The number of hydrogen-bond acceptors (Lipinski definition) is 1. The van der Waals surface area contributed by atoms with E-state index in [1.807, 2.05) is 0 Å². The number of halogens is 2. The van der Waals surface area contributed by atoms with E-state index in [4.69, 9.17) is 11.6 Å². The quantitative estimate of drug-likeness (QED) is 0.801. The van der Waals surface area contributed by atoms with Crippen molar-refractivity contribution < 1.29 is 9.50 Å². The highest BCUT2D eigenvalue weighted by molar-refractivity contribution is 6.31. The van der Waals surface area contributed by atoms with Gasteiger partial charge in [-0.1, -0.05) is 23.7 Å². The Bertz CT molecular complexity index is 329. The molecule has 1 atom stereocenters. The Morgan fingerprint density at radius 2 is 2.00 bits per heavy atom. The number of hydrogen-bond donors (Lipinski definition) is 1.